The molecule has 23 heavy (non-hydrogen) atoms. The number of Topliss-reactive ketones (excluding diaryl/α,β-unsaturated/α-hetero) is 1. The molecule has 2 aliphatic rings. The second-order valence-corrected chi connectivity index (χ2v) is 7.18. The molecule has 126 valence electrons. The number of allylic oxidation sites excluding steroid dienone is 5. The minimum absolute atomic E-state index is 0.0882. The Balaban J connectivity index is 2.38. The van der Waals surface area contributed by atoms with Crippen molar-refractivity contribution in [2.45, 2.75) is 66.9 Å². The summed E-state index contributed by atoms with van der Waals surface area (Å²) in [6.45, 7) is 11.9. The molecule has 0 N–H and O–H groups in total. The number of rotatable bonds is 2. The fraction of sp³-hybridized carbons (Fsp3) is 0.600. The van der Waals surface area contributed by atoms with Crippen LogP contribution in [0.3, 0.4) is 0 Å². The molecule has 1 saturated carbocycles. The van der Waals surface area contributed by atoms with Gasteiger partial charge in [-0.05, 0) is 40.5 Å². The van der Waals surface area contributed by atoms with Gasteiger partial charge in [0.25, 0.3) is 0 Å². The fourth-order valence-corrected chi connectivity index (χ4v) is 4.09. The summed E-state index contributed by atoms with van der Waals surface area (Å²) in [5.41, 5.74) is 3.64. The van der Waals surface area contributed by atoms with Crippen LogP contribution in [-0.4, -0.2) is 17.9 Å². The zero-order valence-electron chi connectivity index (χ0n) is 15.2. The van der Waals surface area contributed by atoms with E-state index in [0.717, 1.165) is 24.0 Å². The van der Waals surface area contributed by atoms with E-state index in [4.69, 9.17) is 4.74 Å². The van der Waals surface area contributed by atoms with Crippen LogP contribution in [0.1, 0.15) is 60.8 Å². The van der Waals surface area contributed by atoms with Gasteiger partial charge in [-0.15, -0.1) is 0 Å². The summed E-state index contributed by atoms with van der Waals surface area (Å²) in [4.78, 5) is 24.7. The topological polar surface area (TPSA) is 43.4 Å². The first-order chi connectivity index (χ1) is 10.7. The van der Waals surface area contributed by atoms with Gasteiger partial charge in [-0.3, -0.25) is 4.79 Å². The average molecular weight is 316 g/mol. The van der Waals surface area contributed by atoms with Gasteiger partial charge in [0, 0.05) is 28.9 Å². The third kappa shape index (κ3) is 2.93. The van der Waals surface area contributed by atoms with Gasteiger partial charge in [-0.1, -0.05) is 37.1 Å². The molecule has 0 aromatic carbocycles. The van der Waals surface area contributed by atoms with Crippen LogP contribution in [0.2, 0.25) is 0 Å². The first kappa shape index (κ1) is 17.7. The smallest absolute Gasteiger partial charge is 0.333 e. The fourth-order valence-electron chi connectivity index (χ4n) is 4.09. The van der Waals surface area contributed by atoms with Gasteiger partial charge >= 0.3 is 5.97 Å². The van der Waals surface area contributed by atoms with E-state index in [1.807, 2.05) is 20.8 Å². The van der Waals surface area contributed by atoms with Crippen LogP contribution in [0.4, 0.5) is 0 Å². The lowest BCUT2D eigenvalue weighted by Gasteiger charge is -2.49. The highest BCUT2D eigenvalue weighted by atomic mass is 16.5. The van der Waals surface area contributed by atoms with Crippen molar-refractivity contribution in [1.82, 2.24) is 0 Å². The summed E-state index contributed by atoms with van der Waals surface area (Å²) in [6.07, 6.45) is 5.93. The summed E-state index contributed by atoms with van der Waals surface area (Å²) in [5.74, 6) is 0.0474. The minimum atomic E-state index is -0.318. The standard InChI is InChI=1S/C20H28O3/c1-7-13(4)19(22)23-17-11-9-15-8-10-16(21)18(12(2)3)20(15,6)14(17)5/h7-8,14,17H,9-11H2,1-6H3/b13-7-/t14-,17+,20+/m0/s1. The minimum Gasteiger partial charge on any atom is -0.459 e. The SMILES string of the molecule is C/C=C(/C)C(=O)O[C@@H]1CCC2=CCC(=O)C(=C(C)C)[C@]2(C)[C@H]1C. The number of ether oxygens (including phenoxy) is 1. The largest absolute Gasteiger partial charge is 0.459 e. The highest BCUT2D eigenvalue weighted by Crippen LogP contribution is 2.54. The normalized spacial score (nSPS) is 31.4. The molecule has 0 aromatic rings. The van der Waals surface area contributed by atoms with Crippen molar-refractivity contribution in [2.24, 2.45) is 11.3 Å². The van der Waals surface area contributed by atoms with Crippen molar-refractivity contribution in [2.75, 3.05) is 0 Å². The molecule has 3 nitrogen and oxygen atoms in total. The van der Waals surface area contributed by atoms with Gasteiger partial charge in [0.05, 0.1) is 0 Å². The number of hydrogen-bond donors (Lipinski definition) is 0. The number of ketones is 1. The van der Waals surface area contributed by atoms with E-state index in [1.165, 1.54) is 5.57 Å². The molecule has 2 aliphatic carbocycles. The van der Waals surface area contributed by atoms with Gasteiger partial charge < -0.3 is 4.74 Å². The Morgan fingerprint density at radius 3 is 2.57 bits per heavy atom. The quantitative estimate of drug-likeness (QED) is 0.427. The summed E-state index contributed by atoms with van der Waals surface area (Å²) >= 11 is 0. The Labute approximate surface area is 139 Å². The second kappa shape index (κ2) is 6.46. The number of carbonyl (C=O) groups is 2. The summed E-state index contributed by atoms with van der Waals surface area (Å²) in [5, 5.41) is 0. The predicted molar refractivity (Wildman–Crippen MR) is 91.9 cm³/mol. The van der Waals surface area contributed by atoms with Crippen molar-refractivity contribution >= 4 is 11.8 Å². The molecule has 0 amide bonds. The molecule has 3 atom stereocenters. The van der Waals surface area contributed by atoms with Crippen molar-refractivity contribution in [3.05, 3.63) is 34.4 Å². The molecule has 1 fully saturated rings. The van der Waals surface area contributed by atoms with Crippen molar-refractivity contribution < 1.29 is 14.3 Å². The van der Waals surface area contributed by atoms with Crippen LogP contribution in [0, 0.1) is 11.3 Å². The van der Waals surface area contributed by atoms with E-state index < -0.39 is 0 Å². The molecule has 0 heterocycles. The van der Waals surface area contributed by atoms with Crippen molar-refractivity contribution in [1.29, 1.82) is 0 Å². The molecule has 0 radical (unpaired) electrons. The van der Waals surface area contributed by atoms with Crippen LogP contribution in [0.25, 0.3) is 0 Å². The van der Waals surface area contributed by atoms with Crippen molar-refractivity contribution in [3.63, 3.8) is 0 Å². The molecule has 0 aliphatic heterocycles. The van der Waals surface area contributed by atoms with E-state index in [0.29, 0.717) is 12.0 Å². The molecular weight excluding hydrogens is 288 g/mol. The molecule has 0 saturated heterocycles. The van der Waals surface area contributed by atoms with Gasteiger partial charge in [-0.2, -0.15) is 0 Å². The maximum Gasteiger partial charge on any atom is 0.333 e. The molecule has 0 spiro atoms. The van der Waals surface area contributed by atoms with E-state index in [-0.39, 0.29) is 29.2 Å². The van der Waals surface area contributed by atoms with Gasteiger partial charge in [-0.25, -0.2) is 4.79 Å². The maximum atomic E-state index is 12.5. The third-order valence-electron chi connectivity index (χ3n) is 5.68. The monoisotopic (exact) mass is 316 g/mol. The lowest BCUT2D eigenvalue weighted by molar-refractivity contribution is -0.150. The van der Waals surface area contributed by atoms with E-state index >= 15 is 0 Å². The van der Waals surface area contributed by atoms with Crippen LogP contribution < -0.4 is 0 Å². The Bertz CT molecular complexity index is 617. The molecule has 0 unspecified atom stereocenters. The Hall–Kier alpha value is -1.64. The molecule has 0 bridgehead atoms. The molecule has 2 rings (SSSR count). The summed E-state index contributed by atoms with van der Waals surface area (Å²) in [7, 11) is 0. The maximum absolute atomic E-state index is 12.5. The van der Waals surface area contributed by atoms with Crippen LogP contribution in [0.5, 0.6) is 0 Å². The third-order valence-corrected chi connectivity index (χ3v) is 5.68. The zero-order chi connectivity index (χ0) is 17.4. The van der Waals surface area contributed by atoms with Crippen LogP contribution in [0.15, 0.2) is 34.4 Å². The second-order valence-electron chi connectivity index (χ2n) is 7.18. The van der Waals surface area contributed by atoms with Gasteiger partial charge in [0.1, 0.15) is 6.10 Å². The number of hydrogen-bond acceptors (Lipinski definition) is 3. The number of carbonyl (C=O) groups excluding carboxylic acids is 2. The number of fused-ring (bicyclic) bond motifs is 1. The molecule has 3 heteroatoms. The lowest BCUT2D eigenvalue weighted by Crippen LogP contribution is -2.46. The Morgan fingerprint density at radius 2 is 2.00 bits per heavy atom. The molecule has 0 aromatic heterocycles. The van der Waals surface area contributed by atoms with E-state index in [2.05, 4.69) is 19.9 Å². The molecular formula is C20H28O3. The first-order valence-electron chi connectivity index (χ1n) is 8.48. The Kier molecular flexibility index (Phi) is 4.98. The van der Waals surface area contributed by atoms with Gasteiger partial charge in [0.2, 0.25) is 0 Å². The summed E-state index contributed by atoms with van der Waals surface area (Å²) in [6, 6.07) is 0. The van der Waals surface area contributed by atoms with Crippen LogP contribution >= 0.6 is 0 Å². The lowest BCUT2D eigenvalue weighted by atomic mass is 9.56. The van der Waals surface area contributed by atoms with E-state index in [1.54, 1.807) is 13.0 Å². The highest BCUT2D eigenvalue weighted by molar-refractivity contribution is 6.00. The Morgan fingerprint density at radius 1 is 1.35 bits per heavy atom. The number of esters is 1. The average Bonchev–Trinajstić information content (AvgIpc) is 2.49. The van der Waals surface area contributed by atoms with Crippen LogP contribution in [-0.2, 0) is 14.3 Å². The zero-order valence-corrected chi connectivity index (χ0v) is 15.2. The highest BCUT2D eigenvalue weighted by Gasteiger charge is 2.50. The van der Waals surface area contributed by atoms with Crippen molar-refractivity contribution in [3.8, 4) is 0 Å². The van der Waals surface area contributed by atoms with E-state index in [9.17, 15) is 9.59 Å². The summed E-state index contributed by atoms with van der Waals surface area (Å²) < 4.78 is 5.77. The van der Waals surface area contributed by atoms with Gasteiger partial charge in [0.15, 0.2) is 5.78 Å². The predicted octanol–water partition coefficient (Wildman–Crippen LogP) is 4.54. The first-order valence-corrected chi connectivity index (χ1v) is 8.48.